The quantitative estimate of drug-likeness (QED) is 0.465. The molecule has 7 nitrogen and oxygen atoms in total. The molecule has 0 spiro atoms. The third kappa shape index (κ3) is 3.98. The van der Waals surface area contributed by atoms with E-state index in [1.54, 1.807) is 22.2 Å². The van der Waals surface area contributed by atoms with Gasteiger partial charge in [-0.3, -0.25) is 4.79 Å². The molecule has 0 fully saturated rings. The molecule has 4 aromatic rings. The monoisotopic (exact) mass is 458 g/mol. The molecule has 0 aliphatic heterocycles. The molecule has 0 unspecified atom stereocenters. The first-order valence-electron chi connectivity index (χ1n) is 9.46. The molecule has 3 heterocycles. The van der Waals surface area contributed by atoms with E-state index in [4.69, 9.17) is 22.4 Å². The highest BCUT2D eigenvalue weighted by molar-refractivity contribution is 7.14. The number of hydrogen-bond donors (Lipinski definition) is 2. The molecule has 0 radical (unpaired) electrons. The Morgan fingerprint density at radius 1 is 1.32 bits per heavy atom. The van der Waals surface area contributed by atoms with E-state index in [2.05, 4.69) is 15.3 Å². The maximum absolute atomic E-state index is 13.9. The van der Waals surface area contributed by atoms with E-state index in [0.29, 0.717) is 28.1 Å². The first-order chi connectivity index (χ1) is 14.7. The van der Waals surface area contributed by atoms with E-state index >= 15 is 0 Å². The minimum atomic E-state index is -0.464. The van der Waals surface area contributed by atoms with Crippen LogP contribution in [0.3, 0.4) is 0 Å². The van der Waals surface area contributed by atoms with Crippen molar-refractivity contribution < 1.29 is 9.18 Å². The fourth-order valence-corrected chi connectivity index (χ4v) is 4.27. The summed E-state index contributed by atoms with van der Waals surface area (Å²) in [5.41, 5.74) is 7.72. The molecule has 1 amide bonds. The van der Waals surface area contributed by atoms with Gasteiger partial charge in [-0.05, 0) is 39.0 Å². The van der Waals surface area contributed by atoms with Gasteiger partial charge < -0.3 is 11.1 Å². The molecule has 1 aromatic carbocycles. The van der Waals surface area contributed by atoms with Crippen LogP contribution in [0.5, 0.6) is 0 Å². The molecule has 0 bridgehead atoms. The van der Waals surface area contributed by atoms with Gasteiger partial charge in [-0.1, -0.05) is 17.7 Å². The Morgan fingerprint density at radius 3 is 2.81 bits per heavy atom. The highest BCUT2D eigenvalue weighted by Crippen LogP contribution is 2.36. The van der Waals surface area contributed by atoms with Gasteiger partial charge in [0, 0.05) is 22.5 Å². The number of benzene rings is 1. The van der Waals surface area contributed by atoms with Crippen molar-refractivity contribution in [2.75, 3.05) is 5.73 Å². The number of nitrogens with two attached hydrogens (primary N) is 1. The lowest BCUT2D eigenvalue weighted by atomic mass is 10.1. The number of hydrogen-bond acceptors (Lipinski definition) is 6. The summed E-state index contributed by atoms with van der Waals surface area (Å²) < 4.78 is 15.7. The molecule has 3 aromatic heterocycles. The van der Waals surface area contributed by atoms with Crippen LogP contribution in [-0.2, 0) is 12.1 Å². The summed E-state index contributed by atoms with van der Waals surface area (Å²) in [6.45, 7) is 6.03. The third-order valence-electron chi connectivity index (χ3n) is 4.71. The van der Waals surface area contributed by atoms with Crippen molar-refractivity contribution in [1.29, 1.82) is 0 Å². The van der Waals surface area contributed by atoms with Crippen LogP contribution in [0, 0.1) is 5.82 Å². The van der Waals surface area contributed by atoms with Gasteiger partial charge in [-0.25, -0.2) is 19.0 Å². The Hall–Kier alpha value is -3.04. The van der Waals surface area contributed by atoms with Gasteiger partial charge >= 0.3 is 0 Å². The second-order valence-corrected chi connectivity index (χ2v) is 9.29. The van der Waals surface area contributed by atoms with Crippen molar-refractivity contribution in [3.63, 3.8) is 0 Å². The van der Waals surface area contributed by atoms with Crippen molar-refractivity contribution in [1.82, 2.24) is 25.1 Å². The van der Waals surface area contributed by atoms with Gasteiger partial charge in [0.25, 0.3) is 5.91 Å². The van der Waals surface area contributed by atoms with Crippen molar-refractivity contribution in [3.8, 4) is 10.6 Å². The number of thiophene rings is 1. The Balaban J connectivity index is 1.65. The summed E-state index contributed by atoms with van der Waals surface area (Å²) in [6, 6.07) is 6.13. The lowest BCUT2D eigenvalue weighted by molar-refractivity contribution is 0.0951. The molecule has 3 N–H and O–H groups in total. The summed E-state index contributed by atoms with van der Waals surface area (Å²) in [6.07, 6.45) is 1.41. The van der Waals surface area contributed by atoms with E-state index in [1.807, 2.05) is 20.8 Å². The molecule has 0 atom stereocenters. The Labute approximate surface area is 187 Å². The highest BCUT2D eigenvalue weighted by Gasteiger charge is 2.25. The molecule has 0 saturated heterocycles. The number of fused-ring (bicyclic) bond motifs is 1. The number of halogens is 2. The van der Waals surface area contributed by atoms with Crippen LogP contribution >= 0.6 is 22.9 Å². The lowest BCUT2D eigenvalue weighted by Gasteiger charge is -2.19. The van der Waals surface area contributed by atoms with Gasteiger partial charge in [-0.2, -0.15) is 5.10 Å². The number of nitrogen functional groups attached to an aromatic ring is 1. The van der Waals surface area contributed by atoms with Gasteiger partial charge in [0.15, 0.2) is 5.65 Å². The number of anilines is 1. The Morgan fingerprint density at radius 2 is 2.10 bits per heavy atom. The number of nitrogens with zero attached hydrogens (tertiary/aromatic N) is 4. The molecule has 160 valence electrons. The van der Waals surface area contributed by atoms with Crippen molar-refractivity contribution >= 4 is 45.7 Å². The number of aromatic nitrogens is 4. The third-order valence-corrected chi connectivity index (χ3v) is 6.00. The molecular formula is C21H20ClFN6OS. The van der Waals surface area contributed by atoms with Crippen LogP contribution in [0.25, 0.3) is 21.6 Å². The SMILES string of the molecule is CC(C)(C)n1nc(-c2cc(C(=O)NCc3c(F)cccc3Cl)cs2)c2c(N)ncnc21. The standard InChI is InChI=1S/C21H20ClFN6OS/c1-21(2,3)29-19-16(18(24)26-10-27-19)17(28-29)15-7-11(9-31-15)20(30)25-8-12-13(22)5-4-6-14(12)23/h4-7,9-10H,8H2,1-3H3,(H,25,30)(H2,24,26,27). The molecular weight excluding hydrogens is 439 g/mol. The lowest BCUT2D eigenvalue weighted by Crippen LogP contribution is -2.23. The van der Waals surface area contributed by atoms with Crippen molar-refractivity contribution in [2.45, 2.75) is 32.9 Å². The minimum Gasteiger partial charge on any atom is -0.383 e. The summed E-state index contributed by atoms with van der Waals surface area (Å²) in [5, 5.41) is 10.1. The van der Waals surface area contributed by atoms with Crippen LogP contribution in [0.15, 0.2) is 36.0 Å². The summed E-state index contributed by atoms with van der Waals surface area (Å²) >= 11 is 7.39. The zero-order chi connectivity index (χ0) is 22.3. The summed E-state index contributed by atoms with van der Waals surface area (Å²) in [5.74, 6) is -0.483. The fraction of sp³-hybridized carbons (Fsp3) is 0.238. The molecule has 10 heteroatoms. The average Bonchev–Trinajstić information content (AvgIpc) is 3.32. The molecule has 0 saturated carbocycles. The van der Waals surface area contributed by atoms with Crippen molar-refractivity contribution in [2.24, 2.45) is 0 Å². The molecule has 0 aliphatic rings. The number of amides is 1. The predicted molar refractivity (Wildman–Crippen MR) is 121 cm³/mol. The summed E-state index contributed by atoms with van der Waals surface area (Å²) in [7, 11) is 0. The minimum absolute atomic E-state index is 0.0160. The van der Waals surface area contributed by atoms with Crippen molar-refractivity contribution in [3.05, 3.63) is 57.9 Å². The van der Waals surface area contributed by atoms with Crippen LogP contribution < -0.4 is 11.1 Å². The average molecular weight is 459 g/mol. The van der Waals surface area contributed by atoms with E-state index in [9.17, 15) is 9.18 Å². The smallest absolute Gasteiger partial charge is 0.252 e. The number of carbonyl (C=O) groups is 1. The highest BCUT2D eigenvalue weighted by atomic mass is 35.5. The van der Waals surface area contributed by atoms with E-state index < -0.39 is 5.82 Å². The van der Waals surface area contributed by atoms with Gasteiger partial charge in [0.1, 0.15) is 23.7 Å². The van der Waals surface area contributed by atoms with Crippen LogP contribution in [0.4, 0.5) is 10.2 Å². The van der Waals surface area contributed by atoms with Gasteiger partial charge in [-0.15, -0.1) is 11.3 Å². The molecule has 4 rings (SSSR count). The van der Waals surface area contributed by atoms with E-state index in [1.165, 1.54) is 29.8 Å². The Bertz CT molecular complexity index is 1270. The first kappa shape index (κ1) is 21.2. The number of rotatable bonds is 4. The number of carbonyl (C=O) groups excluding carboxylic acids is 1. The second-order valence-electron chi connectivity index (χ2n) is 7.97. The van der Waals surface area contributed by atoms with E-state index in [0.717, 1.165) is 4.88 Å². The topological polar surface area (TPSA) is 98.7 Å². The fourth-order valence-electron chi connectivity index (χ4n) is 3.17. The summed E-state index contributed by atoms with van der Waals surface area (Å²) in [4.78, 5) is 21.9. The van der Waals surface area contributed by atoms with E-state index in [-0.39, 0.29) is 28.6 Å². The first-order valence-corrected chi connectivity index (χ1v) is 10.7. The van der Waals surface area contributed by atoms with Gasteiger partial charge in [0.2, 0.25) is 0 Å². The van der Waals surface area contributed by atoms with Crippen LogP contribution in [0.2, 0.25) is 5.02 Å². The zero-order valence-corrected chi connectivity index (χ0v) is 18.7. The van der Waals surface area contributed by atoms with Crippen LogP contribution in [-0.4, -0.2) is 25.7 Å². The number of nitrogens with one attached hydrogen (secondary N) is 1. The maximum Gasteiger partial charge on any atom is 0.252 e. The zero-order valence-electron chi connectivity index (χ0n) is 17.1. The second kappa shape index (κ2) is 7.90. The largest absolute Gasteiger partial charge is 0.383 e. The molecule has 0 aliphatic carbocycles. The maximum atomic E-state index is 13.9. The van der Waals surface area contributed by atoms with Gasteiger partial charge in [0.05, 0.1) is 21.4 Å². The van der Waals surface area contributed by atoms with Crippen LogP contribution in [0.1, 0.15) is 36.7 Å². The Kier molecular flexibility index (Phi) is 5.40. The predicted octanol–water partition coefficient (Wildman–Crippen LogP) is 4.61. The molecule has 31 heavy (non-hydrogen) atoms. The normalized spacial score (nSPS) is 11.8.